The Labute approximate surface area is 58.1 Å². The zero-order valence-corrected chi connectivity index (χ0v) is 6.90. The van der Waals surface area contributed by atoms with Crippen molar-refractivity contribution < 1.29 is 5.11 Å². The third-order valence-corrected chi connectivity index (χ3v) is 2.31. The smallest absolute Gasteiger partial charge is 0.0827 e. The third-order valence-electron chi connectivity index (χ3n) is 2.31. The van der Waals surface area contributed by atoms with Crippen LogP contribution in [0.25, 0.3) is 0 Å². The van der Waals surface area contributed by atoms with Crippen molar-refractivity contribution in [1.29, 1.82) is 0 Å². The topological polar surface area (TPSA) is 19.9 Å². The van der Waals surface area contributed by atoms with Crippen LogP contribution in [-0.4, -0.2) is 6.61 Å². The van der Waals surface area contributed by atoms with Crippen LogP contribution < -0.4 is 0 Å². The normalized spacial score (nSPS) is 12.7. The zero-order valence-electron chi connectivity index (χ0n) is 6.90. The molecule has 0 rings (SSSR count). The maximum atomic E-state index is 10.2. The van der Waals surface area contributed by atoms with E-state index in [4.69, 9.17) is 0 Å². The second-order valence-corrected chi connectivity index (χ2v) is 3.60. The minimum absolute atomic E-state index is 0.0607. The second kappa shape index (κ2) is 3.21. The molecule has 0 atom stereocenters. The zero-order chi connectivity index (χ0) is 7.49. The summed E-state index contributed by atoms with van der Waals surface area (Å²) in [6.45, 7) is 8.68. The number of hydrogen-bond acceptors (Lipinski definition) is 0. The van der Waals surface area contributed by atoms with Gasteiger partial charge in [0.2, 0.25) is 0 Å². The standard InChI is InChI=1S/C8H17O/c1-7(2)8(3,4)5-6-9/h7H,5-6H2,1-4H3. The molecule has 0 aliphatic heterocycles. The molecule has 0 saturated heterocycles. The van der Waals surface area contributed by atoms with Gasteiger partial charge in [-0.3, -0.25) is 0 Å². The van der Waals surface area contributed by atoms with E-state index in [1.165, 1.54) is 0 Å². The molecule has 0 unspecified atom stereocenters. The fourth-order valence-electron chi connectivity index (χ4n) is 0.552. The van der Waals surface area contributed by atoms with Gasteiger partial charge in [0, 0.05) is 0 Å². The van der Waals surface area contributed by atoms with E-state index in [1.807, 2.05) is 0 Å². The Morgan fingerprint density at radius 2 is 1.78 bits per heavy atom. The molecule has 0 heterocycles. The van der Waals surface area contributed by atoms with Crippen molar-refractivity contribution in [2.24, 2.45) is 11.3 Å². The Morgan fingerprint density at radius 1 is 1.33 bits per heavy atom. The molecule has 0 aliphatic carbocycles. The number of hydrogen-bond donors (Lipinski definition) is 0. The SMILES string of the molecule is CC(C)C(C)(C)CC[O]. The lowest BCUT2D eigenvalue weighted by Crippen LogP contribution is -2.19. The predicted octanol–water partition coefficient (Wildman–Crippen LogP) is 2.49. The Balaban J connectivity index is 3.70. The van der Waals surface area contributed by atoms with Gasteiger partial charge >= 0.3 is 0 Å². The first kappa shape index (κ1) is 8.96. The van der Waals surface area contributed by atoms with Gasteiger partial charge in [-0.15, -0.1) is 0 Å². The summed E-state index contributed by atoms with van der Waals surface area (Å²) < 4.78 is 0. The predicted molar refractivity (Wildman–Crippen MR) is 38.8 cm³/mol. The Hall–Kier alpha value is -0.0400. The van der Waals surface area contributed by atoms with Crippen molar-refractivity contribution in [2.75, 3.05) is 6.61 Å². The van der Waals surface area contributed by atoms with Gasteiger partial charge in [0.05, 0.1) is 6.61 Å². The van der Waals surface area contributed by atoms with Crippen LogP contribution in [0.5, 0.6) is 0 Å². The molecule has 0 aromatic rings. The van der Waals surface area contributed by atoms with Gasteiger partial charge in [0.15, 0.2) is 0 Å². The largest absolute Gasteiger partial charge is 0.237 e. The van der Waals surface area contributed by atoms with Crippen LogP contribution >= 0.6 is 0 Å². The summed E-state index contributed by atoms with van der Waals surface area (Å²) >= 11 is 0. The van der Waals surface area contributed by atoms with Crippen molar-refractivity contribution in [2.45, 2.75) is 34.1 Å². The van der Waals surface area contributed by atoms with Gasteiger partial charge in [0.25, 0.3) is 0 Å². The minimum atomic E-state index is 0.0607. The summed E-state index contributed by atoms with van der Waals surface area (Å²) in [4.78, 5) is 0. The van der Waals surface area contributed by atoms with E-state index >= 15 is 0 Å². The summed E-state index contributed by atoms with van der Waals surface area (Å²) in [5.41, 5.74) is 0.238. The maximum Gasteiger partial charge on any atom is 0.0827 e. The van der Waals surface area contributed by atoms with Gasteiger partial charge in [-0.1, -0.05) is 27.7 Å². The minimum Gasteiger partial charge on any atom is -0.237 e. The molecule has 55 valence electrons. The molecule has 0 fully saturated rings. The Kier molecular flexibility index (Phi) is 3.20. The monoisotopic (exact) mass is 129 g/mol. The molecule has 0 saturated carbocycles. The van der Waals surface area contributed by atoms with Gasteiger partial charge in [-0.05, 0) is 17.8 Å². The van der Waals surface area contributed by atoms with Crippen LogP contribution in [0.4, 0.5) is 0 Å². The lowest BCUT2D eigenvalue weighted by Gasteiger charge is -2.27. The van der Waals surface area contributed by atoms with Crippen LogP contribution in [0.1, 0.15) is 34.1 Å². The highest BCUT2D eigenvalue weighted by Crippen LogP contribution is 2.29. The fourth-order valence-corrected chi connectivity index (χ4v) is 0.552. The van der Waals surface area contributed by atoms with Crippen LogP contribution in [0, 0.1) is 11.3 Å². The lowest BCUT2D eigenvalue weighted by molar-refractivity contribution is 0.118. The molecule has 0 aliphatic rings. The summed E-state index contributed by atoms with van der Waals surface area (Å²) in [6.07, 6.45) is 0.796. The van der Waals surface area contributed by atoms with Crippen molar-refractivity contribution >= 4 is 0 Å². The van der Waals surface area contributed by atoms with Crippen LogP contribution in [-0.2, 0) is 5.11 Å². The van der Waals surface area contributed by atoms with Crippen LogP contribution in [0.2, 0.25) is 0 Å². The van der Waals surface area contributed by atoms with Crippen molar-refractivity contribution in [3.05, 3.63) is 0 Å². The van der Waals surface area contributed by atoms with E-state index in [-0.39, 0.29) is 12.0 Å². The molecular formula is C8H17O. The highest BCUT2D eigenvalue weighted by molar-refractivity contribution is 4.70. The quantitative estimate of drug-likeness (QED) is 0.558. The molecular weight excluding hydrogens is 112 g/mol. The van der Waals surface area contributed by atoms with Crippen LogP contribution in [0.3, 0.4) is 0 Å². The van der Waals surface area contributed by atoms with E-state index < -0.39 is 0 Å². The van der Waals surface area contributed by atoms with Crippen molar-refractivity contribution in [1.82, 2.24) is 0 Å². The van der Waals surface area contributed by atoms with Gasteiger partial charge < -0.3 is 0 Å². The first-order valence-electron chi connectivity index (χ1n) is 3.59. The first-order valence-corrected chi connectivity index (χ1v) is 3.59. The second-order valence-electron chi connectivity index (χ2n) is 3.60. The van der Waals surface area contributed by atoms with Crippen molar-refractivity contribution in [3.8, 4) is 0 Å². The molecule has 0 aromatic heterocycles. The van der Waals surface area contributed by atoms with E-state index in [0.29, 0.717) is 5.92 Å². The summed E-state index contributed by atoms with van der Waals surface area (Å²) in [5, 5.41) is 10.2. The molecule has 0 aromatic carbocycles. The molecule has 1 heteroatoms. The molecule has 0 bridgehead atoms. The highest BCUT2D eigenvalue weighted by Gasteiger charge is 2.20. The molecule has 0 N–H and O–H groups in total. The Morgan fingerprint density at radius 3 is 1.89 bits per heavy atom. The Bertz CT molecular complexity index is 74.6. The van der Waals surface area contributed by atoms with E-state index in [9.17, 15) is 5.11 Å². The van der Waals surface area contributed by atoms with Gasteiger partial charge in [-0.2, -0.15) is 0 Å². The summed E-state index contributed by atoms with van der Waals surface area (Å²) in [6, 6.07) is 0. The fraction of sp³-hybridized carbons (Fsp3) is 1.00. The van der Waals surface area contributed by atoms with E-state index in [0.717, 1.165) is 6.42 Å². The molecule has 0 spiro atoms. The van der Waals surface area contributed by atoms with Crippen LogP contribution in [0.15, 0.2) is 0 Å². The average molecular weight is 129 g/mol. The third kappa shape index (κ3) is 2.85. The van der Waals surface area contributed by atoms with E-state index in [1.54, 1.807) is 0 Å². The maximum absolute atomic E-state index is 10.2. The van der Waals surface area contributed by atoms with Gasteiger partial charge in [0.1, 0.15) is 0 Å². The first-order chi connectivity index (χ1) is 4.00. The molecule has 1 nitrogen and oxygen atoms in total. The molecule has 9 heavy (non-hydrogen) atoms. The summed E-state index contributed by atoms with van der Waals surface area (Å²) in [7, 11) is 0. The number of rotatable bonds is 3. The van der Waals surface area contributed by atoms with Crippen molar-refractivity contribution in [3.63, 3.8) is 0 Å². The van der Waals surface area contributed by atoms with Gasteiger partial charge in [-0.25, -0.2) is 5.11 Å². The highest BCUT2D eigenvalue weighted by atomic mass is 16.3. The molecule has 1 radical (unpaired) electrons. The molecule has 0 amide bonds. The average Bonchev–Trinajstić information content (AvgIpc) is 1.65. The lowest BCUT2D eigenvalue weighted by atomic mass is 9.79. The summed E-state index contributed by atoms with van der Waals surface area (Å²) in [5.74, 6) is 0.617. The van der Waals surface area contributed by atoms with E-state index in [2.05, 4.69) is 27.7 Å².